The van der Waals surface area contributed by atoms with Crippen LogP contribution >= 0.6 is 24.1 Å². The van der Waals surface area contributed by atoms with Crippen LogP contribution in [0.25, 0.3) is 0 Å². The van der Waals surface area contributed by atoms with Crippen LogP contribution in [0.15, 0.2) is 0 Å². The molecule has 2 unspecified atom stereocenters. The fourth-order valence-electron chi connectivity index (χ4n) is 3.74. The molecule has 0 rings (SSSR count). The molecule has 0 aliphatic rings. The summed E-state index contributed by atoms with van der Waals surface area (Å²) < 4.78 is 5.86. The molecule has 0 saturated heterocycles. The Bertz CT molecular complexity index is 270. The van der Waals surface area contributed by atoms with Crippen molar-refractivity contribution in [2.24, 2.45) is 0 Å². The van der Waals surface area contributed by atoms with Crippen LogP contribution < -0.4 is 0 Å². The highest BCUT2D eigenvalue weighted by molar-refractivity contribution is 8.08. The van der Waals surface area contributed by atoms with E-state index in [4.69, 9.17) is 3.63 Å². The van der Waals surface area contributed by atoms with E-state index < -0.39 is 0 Å². The summed E-state index contributed by atoms with van der Waals surface area (Å²) in [6, 6.07) is 0. The highest BCUT2D eigenvalue weighted by Crippen LogP contribution is 2.28. The highest BCUT2D eigenvalue weighted by Gasteiger charge is 2.08. The van der Waals surface area contributed by atoms with Gasteiger partial charge in [-0.15, -0.1) is 0 Å². The minimum atomic E-state index is 0.631. The fraction of sp³-hybridized carbons (Fsp3) is 1.00. The van der Waals surface area contributed by atoms with Crippen molar-refractivity contribution in [1.82, 2.24) is 0 Å². The van der Waals surface area contributed by atoms with E-state index in [0.29, 0.717) is 10.5 Å². The molecule has 0 heterocycles. The lowest BCUT2D eigenvalue weighted by atomic mass is 10.1. The van der Waals surface area contributed by atoms with E-state index in [1.807, 2.05) is 0 Å². The van der Waals surface area contributed by atoms with Crippen molar-refractivity contribution >= 4 is 24.1 Å². The van der Waals surface area contributed by atoms with Gasteiger partial charge in [-0.05, 0) is 12.8 Å². The Balaban J connectivity index is 3.28. The van der Waals surface area contributed by atoms with Gasteiger partial charge in [0.15, 0.2) is 0 Å². The van der Waals surface area contributed by atoms with Gasteiger partial charge in [0.25, 0.3) is 0 Å². The maximum atomic E-state index is 5.86. The Kier molecular flexibility index (Phi) is 25.5. The fourth-order valence-corrected chi connectivity index (χ4v) is 5.52. The van der Waals surface area contributed by atoms with Crippen molar-refractivity contribution in [3.05, 3.63) is 0 Å². The molecule has 0 aromatic carbocycles. The van der Waals surface area contributed by atoms with Crippen LogP contribution in [0.5, 0.6) is 0 Å². The van der Waals surface area contributed by atoms with Gasteiger partial charge in [0.1, 0.15) is 0 Å². The first-order valence-electron chi connectivity index (χ1n) is 13.2. The summed E-state index contributed by atoms with van der Waals surface area (Å²) in [5.41, 5.74) is 0. The van der Waals surface area contributed by atoms with Crippen LogP contribution in [0.1, 0.15) is 156 Å². The lowest BCUT2D eigenvalue weighted by molar-refractivity contribution is 0.552. The van der Waals surface area contributed by atoms with E-state index in [1.165, 1.54) is 128 Å². The predicted molar refractivity (Wildman–Crippen MR) is 139 cm³/mol. The van der Waals surface area contributed by atoms with Gasteiger partial charge in [-0.1, -0.05) is 143 Å². The summed E-state index contributed by atoms with van der Waals surface area (Å²) in [4.78, 5) is 0. The monoisotopic (exact) mass is 446 g/mol. The van der Waals surface area contributed by atoms with E-state index in [2.05, 4.69) is 27.7 Å². The van der Waals surface area contributed by atoms with Crippen molar-refractivity contribution in [3.63, 3.8) is 0 Å². The van der Waals surface area contributed by atoms with Crippen molar-refractivity contribution < 1.29 is 3.63 Å². The van der Waals surface area contributed by atoms with E-state index in [9.17, 15) is 0 Å². The molecule has 0 amide bonds. The van der Waals surface area contributed by atoms with E-state index in [1.54, 1.807) is 24.1 Å². The first kappa shape index (κ1) is 29.7. The molecule has 0 aliphatic heterocycles. The smallest absolute Gasteiger partial charge is 0.0295 e. The molecule has 0 bridgehead atoms. The van der Waals surface area contributed by atoms with Gasteiger partial charge in [0, 0.05) is 34.6 Å². The minimum absolute atomic E-state index is 0.631. The normalized spacial score (nSPS) is 13.7. The summed E-state index contributed by atoms with van der Waals surface area (Å²) >= 11 is 3.40. The van der Waals surface area contributed by atoms with Crippen molar-refractivity contribution in [2.75, 3.05) is 0 Å². The van der Waals surface area contributed by atoms with Crippen molar-refractivity contribution in [3.8, 4) is 0 Å². The quantitative estimate of drug-likeness (QED) is 0.108. The first-order valence-corrected chi connectivity index (χ1v) is 14.8. The molecule has 0 spiro atoms. The summed E-state index contributed by atoms with van der Waals surface area (Å²) in [6.45, 7) is 9.22. The standard InChI is InChI=1S/C26H54OS2/c1-5-7-9-11-13-15-17-19-21-23-25(3)28-27-29-26(4)24-22-20-18-16-14-12-10-8-6-2/h25-26H,5-24H2,1-4H3. The van der Waals surface area contributed by atoms with Crippen LogP contribution in [0.2, 0.25) is 0 Å². The molecule has 0 aromatic rings. The van der Waals surface area contributed by atoms with Gasteiger partial charge in [-0.3, -0.25) is 0 Å². The van der Waals surface area contributed by atoms with Crippen molar-refractivity contribution in [2.45, 2.75) is 167 Å². The van der Waals surface area contributed by atoms with Gasteiger partial charge in [-0.25, -0.2) is 3.63 Å². The van der Waals surface area contributed by atoms with Gasteiger partial charge in [-0.2, -0.15) is 0 Å². The van der Waals surface area contributed by atoms with Crippen LogP contribution in [-0.2, 0) is 3.63 Å². The Morgan fingerprint density at radius 2 is 0.724 bits per heavy atom. The second-order valence-electron chi connectivity index (χ2n) is 9.12. The topological polar surface area (TPSA) is 9.23 Å². The molecule has 1 nitrogen and oxygen atoms in total. The molecule has 0 fully saturated rings. The Hall–Kier alpha value is 0.660. The Morgan fingerprint density at radius 1 is 0.448 bits per heavy atom. The largest absolute Gasteiger partial charge is 0.247 e. The van der Waals surface area contributed by atoms with Gasteiger partial charge in [0.05, 0.1) is 0 Å². The second kappa shape index (κ2) is 24.9. The lowest BCUT2D eigenvalue weighted by Crippen LogP contribution is -1.99. The summed E-state index contributed by atoms with van der Waals surface area (Å²) in [5, 5.41) is 1.26. The maximum Gasteiger partial charge on any atom is 0.0295 e. The molecule has 0 radical (unpaired) electrons. The van der Waals surface area contributed by atoms with Crippen LogP contribution in [-0.4, -0.2) is 10.5 Å². The van der Waals surface area contributed by atoms with Crippen LogP contribution in [0.3, 0.4) is 0 Å². The third kappa shape index (κ3) is 24.8. The first-order chi connectivity index (χ1) is 14.2. The maximum absolute atomic E-state index is 5.86. The van der Waals surface area contributed by atoms with Crippen LogP contribution in [0.4, 0.5) is 0 Å². The SMILES string of the molecule is CCCCCCCCCCCC(C)SOSC(C)CCCCCCCCCCC. The minimum Gasteiger partial charge on any atom is -0.247 e. The average Bonchev–Trinajstić information content (AvgIpc) is 2.71. The molecule has 0 aromatic heterocycles. The Labute approximate surface area is 194 Å². The lowest BCUT2D eigenvalue weighted by Gasteiger charge is -2.13. The van der Waals surface area contributed by atoms with E-state index in [0.717, 1.165) is 0 Å². The second-order valence-corrected chi connectivity index (χ2v) is 11.7. The Morgan fingerprint density at radius 3 is 1.03 bits per heavy atom. The molecule has 0 saturated carbocycles. The zero-order chi connectivity index (χ0) is 21.4. The number of rotatable bonds is 24. The van der Waals surface area contributed by atoms with Gasteiger partial charge in [0.2, 0.25) is 0 Å². The van der Waals surface area contributed by atoms with E-state index in [-0.39, 0.29) is 0 Å². The van der Waals surface area contributed by atoms with Crippen molar-refractivity contribution in [1.29, 1.82) is 0 Å². The third-order valence-electron chi connectivity index (χ3n) is 5.84. The molecular formula is C26H54OS2. The number of hydrogen-bond donors (Lipinski definition) is 0. The summed E-state index contributed by atoms with van der Waals surface area (Å²) in [5.74, 6) is 0. The third-order valence-corrected chi connectivity index (χ3v) is 7.59. The number of hydrogen-bond acceptors (Lipinski definition) is 3. The zero-order valence-corrected chi connectivity index (χ0v) is 22.2. The van der Waals surface area contributed by atoms with Gasteiger partial charge >= 0.3 is 0 Å². The highest BCUT2D eigenvalue weighted by atomic mass is 32.2. The molecule has 0 N–H and O–H groups in total. The molecule has 29 heavy (non-hydrogen) atoms. The predicted octanol–water partition coefficient (Wildman–Crippen LogP) is 10.9. The average molecular weight is 447 g/mol. The molecule has 0 aliphatic carbocycles. The van der Waals surface area contributed by atoms with Crippen LogP contribution in [0, 0.1) is 0 Å². The molecule has 2 atom stereocenters. The van der Waals surface area contributed by atoms with Gasteiger partial charge < -0.3 is 0 Å². The molecular weight excluding hydrogens is 392 g/mol. The van der Waals surface area contributed by atoms with E-state index >= 15 is 0 Å². The molecule has 176 valence electrons. The number of unbranched alkanes of at least 4 members (excludes halogenated alkanes) is 16. The summed E-state index contributed by atoms with van der Waals surface area (Å²) in [7, 11) is 0. The zero-order valence-electron chi connectivity index (χ0n) is 20.5. The molecule has 3 heteroatoms. The summed E-state index contributed by atoms with van der Waals surface area (Å²) in [6.07, 6.45) is 28.1.